The van der Waals surface area contributed by atoms with Crippen LogP contribution >= 0.6 is 31.9 Å². The van der Waals surface area contributed by atoms with Gasteiger partial charge in [0, 0.05) is 8.95 Å². The van der Waals surface area contributed by atoms with Crippen molar-refractivity contribution in [2.24, 2.45) is 35.5 Å². The molecule has 0 heterocycles. The van der Waals surface area contributed by atoms with Gasteiger partial charge in [-0.15, -0.1) is 0 Å². The first-order valence-corrected chi connectivity index (χ1v) is 21.4. The highest BCUT2D eigenvalue weighted by atomic mass is 79.9. The molecule has 0 saturated heterocycles. The van der Waals surface area contributed by atoms with E-state index in [2.05, 4.69) is 158 Å². The molecular formula is C48H56Br2O2. The van der Waals surface area contributed by atoms with Crippen molar-refractivity contribution in [3.8, 4) is 22.3 Å². The van der Waals surface area contributed by atoms with Gasteiger partial charge in [-0.2, -0.15) is 0 Å². The normalized spacial score (nSPS) is 24.0. The van der Waals surface area contributed by atoms with Gasteiger partial charge in [0.25, 0.3) is 0 Å². The molecule has 2 fully saturated rings. The summed E-state index contributed by atoms with van der Waals surface area (Å²) in [4.78, 5) is 0. The third-order valence-corrected chi connectivity index (χ3v) is 14.1. The van der Waals surface area contributed by atoms with Crippen LogP contribution < -0.4 is 0 Å². The molecule has 5 aromatic carbocycles. The molecule has 0 aliphatic heterocycles. The largest absolute Gasteiger partial charge is 0.373 e. The minimum atomic E-state index is 0.365. The predicted molar refractivity (Wildman–Crippen MR) is 228 cm³/mol. The first-order valence-electron chi connectivity index (χ1n) is 19.8. The number of halogens is 2. The fourth-order valence-corrected chi connectivity index (χ4v) is 10.4. The van der Waals surface area contributed by atoms with Crippen molar-refractivity contribution in [2.75, 3.05) is 0 Å². The maximum Gasteiger partial charge on any atom is 0.0720 e. The number of hydrogen-bond donors (Lipinski definition) is 0. The molecule has 5 aromatic rings. The van der Waals surface area contributed by atoms with Crippen LogP contribution in [0.1, 0.15) is 91.2 Å². The van der Waals surface area contributed by atoms with Crippen LogP contribution in [0.3, 0.4) is 0 Å². The van der Waals surface area contributed by atoms with Crippen molar-refractivity contribution in [3.63, 3.8) is 0 Å². The van der Waals surface area contributed by atoms with Gasteiger partial charge in [-0.05, 0) is 160 Å². The standard InChI is InChI=1S/C48H56Br2O2/c1-29(2)39-19-7-31(5)23-45(39)51-27-33-9-13-35(14-10-33)37-17-21-41-43(25-37)47(49)42-22-18-38(26-44(42)48(41)50)36-15-11-34(12-16-36)28-52-46-24-32(6)8-20-40(46)30(3)4/h9-18,21-22,25-26,29-32,39-40,45-46H,7-8,19-20,23-24,27-28H2,1-6H3/t31-,32-,39+,40+,45-,46-/m1/s1. The van der Waals surface area contributed by atoms with Crippen molar-refractivity contribution >= 4 is 53.4 Å². The van der Waals surface area contributed by atoms with E-state index in [1.807, 2.05) is 0 Å². The monoisotopic (exact) mass is 822 g/mol. The van der Waals surface area contributed by atoms with E-state index in [1.165, 1.54) is 93.5 Å². The van der Waals surface area contributed by atoms with Gasteiger partial charge < -0.3 is 9.47 Å². The second-order valence-electron chi connectivity index (χ2n) is 16.9. The van der Waals surface area contributed by atoms with Gasteiger partial charge in [-0.25, -0.2) is 0 Å². The number of rotatable bonds is 10. The molecule has 2 saturated carbocycles. The number of fused-ring (bicyclic) bond motifs is 2. The molecule has 2 aliphatic rings. The summed E-state index contributed by atoms with van der Waals surface area (Å²) in [5, 5.41) is 4.83. The highest BCUT2D eigenvalue weighted by Crippen LogP contribution is 2.43. The highest BCUT2D eigenvalue weighted by Gasteiger charge is 2.32. The van der Waals surface area contributed by atoms with Crippen molar-refractivity contribution in [1.29, 1.82) is 0 Å². The Balaban J connectivity index is 1.06. The van der Waals surface area contributed by atoms with E-state index in [4.69, 9.17) is 9.47 Å². The van der Waals surface area contributed by atoms with Crippen LogP contribution in [-0.4, -0.2) is 12.2 Å². The van der Waals surface area contributed by atoms with Gasteiger partial charge in [-0.1, -0.05) is 127 Å². The molecular weight excluding hydrogens is 768 g/mol. The lowest BCUT2D eigenvalue weighted by Crippen LogP contribution is -2.34. The Morgan fingerprint density at radius 2 is 0.865 bits per heavy atom. The first-order chi connectivity index (χ1) is 25.0. The van der Waals surface area contributed by atoms with Gasteiger partial charge in [0.2, 0.25) is 0 Å². The predicted octanol–water partition coefficient (Wildman–Crippen LogP) is 14.8. The zero-order chi connectivity index (χ0) is 36.5. The van der Waals surface area contributed by atoms with Crippen LogP contribution in [0.2, 0.25) is 0 Å². The van der Waals surface area contributed by atoms with Crippen LogP contribution in [0.5, 0.6) is 0 Å². The molecule has 2 nitrogen and oxygen atoms in total. The van der Waals surface area contributed by atoms with E-state index in [-0.39, 0.29) is 0 Å². The Morgan fingerprint density at radius 1 is 0.500 bits per heavy atom. The summed E-state index contributed by atoms with van der Waals surface area (Å²) < 4.78 is 15.4. The minimum Gasteiger partial charge on any atom is -0.373 e. The molecule has 0 radical (unpaired) electrons. The molecule has 6 atom stereocenters. The zero-order valence-electron chi connectivity index (χ0n) is 31.9. The Bertz CT molecular complexity index is 1830. The summed E-state index contributed by atoms with van der Waals surface area (Å²) in [6.07, 6.45) is 8.33. The topological polar surface area (TPSA) is 18.5 Å². The lowest BCUT2D eigenvalue weighted by molar-refractivity contribution is -0.0473. The Labute approximate surface area is 329 Å². The second-order valence-corrected chi connectivity index (χ2v) is 18.5. The fourth-order valence-electron chi connectivity index (χ4n) is 9.09. The maximum atomic E-state index is 6.55. The van der Waals surface area contributed by atoms with Crippen LogP contribution in [0.4, 0.5) is 0 Å². The Morgan fingerprint density at radius 3 is 1.23 bits per heavy atom. The summed E-state index contributed by atoms with van der Waals surface area (Å²) in [6, 6.07) is 31.6. The van der Waals surface area contributed by atoms with Crippen LogP contribution in [0.15, 0.2) is 93.9 Å². The van der Waals surface area contributed by atoms with E-state index in [0.29, 0.717) is 49.1 Å². The first kappa shape index (κ1) is 37.8. The van der Waals surface area contributed by atoms with E-state index in [1.54, 1.807) is 0 Å². The Kier molecular flexibility index (Phi) is 12.0. The summed E-state index contributed by atoms with van der Waals surface area (Å²) in [7, 11) is 0. The number of benzene rings is 5. The molecule has 274 valence electrons. The summed E-state index contributed by atoms with van der Waals surface area (Å²) >= 11 is 8.04. The average molecular weight is 825 g/mol. The molecule has 0 spiro atoms. The summed E-state index contributed by atoms with van der Waals surface area (Å²) in [5.41, 5.74) is 7.35. The van der Waals surface area contributed by atoms with Gasteiger partial charge in [0.15, 0.2) is 0 Å². The second kappa shape index (κ2) is 16.5. The van der Waals surface area contributed by atoms with Crippen molar-refractivity contribution in [1.82, 2.24) is 0 Å². The van der Waals surface area contributed by atoms with E-state index in [0.717, 1.165) is 20.8 Å². The molecule has 7 rings (SSSR count). The van der Waals surface area contributed by atoms with Crippen LogP contribution in [-0.2, 0) is 22.7 Å². The van der Waals surface area contributed by atoms with Gasteiger partial charge in [0.05, 0.1) is 25.4 Å². The molecule has 0 aromatic heterocycles. The lowest BCUT2D eigenvalue weighted by Gasteiger charge is -2.37. The smallest absolute Gasteiger partial charge is 0.0720 e. The fraction of sp³-hybridized carbons (Fsp3) is 0.458. The third kappa shape index (κ3) is 8.26. The van der Waals surface area contributed by atoms with Crippen molar-refractivity contribution in [2.45, 2.75) is 105 Å². The lowest BCUT2D eigenvalue weighted by atomic mass is 9.75. The molecule has 0 N–H and O–H groups in total. The van der Waals surface area contributed by atoms with Gasteiger partial charge in [0.1, 0.15) is 0 Å². The molecule has 0 amide bonds. The quantitative estimate of drug-likeness (QED) is 0.131. The van der Waals surface area contributed by atoms with Crippen molar-refractivity contribution in [3.05, 3.63) is 105 Å². The molecule has 0 unspecified atom stereocenters. The van der Waals surface area contributed by atoms with Gasteiger partial charge in [-0.3, -0.25) is 0 Å². The maximum absolute atomic E-state index is 6.55. The van der Waals surface area contributed by atoms with Crippen LogP contribution in [0.25, 0.3) is 43.8 Å². The molecule has 2 aliphatic carbocycles. The van der Waals surface area contributed by atoms with Gasteiger partial charge >= 0.3 is 0 Å². The summed E-state index contributed by atoms with van der Waals surface area (Å²) in [5.74, 6) is 4.18. The average Bonchev–Trinajstić information content (AvgIpc) is 3.15. The number of ether oxygens (including phenoxy) is 2. The van der Waals surface area contributed by atoms with E-state index >= 15 is 0 Å². The highest BCUT2D eigenvalue weighted by molar-refractivity contribution is 9.11. The van der Waals surface area contributed by atoms with Crippen LogP contribution in [0, 0.1) is 35.5 Å². The summed E-state index contributed by atoms with van der Waals surface area (Å²) in [6.45, 7) is 15.5. The van der Waals surface area contributed by atoms with Crippen molar-refractivity contribution < 1.29 is 9.47 Å². The zero-order valence-corrected chi connectivity index (χ0v) is 35.1. The third-order valence-electron chi connectivity index (χ3n) is 12.4. The van der Waals surface area contributed by atoms with E-state index in [9.17, 15) is 0 Å². The SMILES string of the molecule is CC(C)[C@@H]1CC[C@@H](C)C[C@H]1OCc1ccc(-c2ccc3c(Br)c4cc(-c5ccc(CO[C@@H]6C[C@H](C)CC[C@H]6C(C)C)cc5)ccc4c(Br)c3c2)cc1. The minimum absolute atomic E-state index is 0.365. The molecule has 4 heteroatoms. The molecule has 52 heavy (non-hydrogen) atoms. The molecule has 0 bridgehead atoms. The van der Waals surface area contributed by atoms with E-state index < -0.39 is 0 Å². The Hall–Kier alpha value is -2.50. The number of hydrogen-bond acceptors (Lipinski definition) is 2.